The van der Waals surface area contributed by atoms with E-state index in [-0.39, 0.29) is 31.1 Å². The van der Waals surface area contributed by atoms with E-state index in [9.17, 15) is 14.4 Å². The molecular weight excluding hydrogens is 997 g/mol. The molecule has 81 heavy (non-hydrogen) atoms. The molecule has 0 bridgehead atoms. The lowest BCUT2D eigenvalue weighted by Crippen LogP contribution is -2.30. The van der Waals surface area contributed by atoms with Crippen LogP contribution in [0.3, 0.4) is 0 Å². The van der Waals surface area contributed by atoms with Gasteiger partial charge in [-0.2, -0.15) is 0 Å². The molecule has 0 N–H and O–H groups in total. The van der Waals surface area contributed by atoms with Crippen LogP contribution in [0.2, 0.25) is 0 Å². The molecule has 0 fully saturated rings. The van der Waals surface area contributed by atoms with Crippen molar-refractivity contribution in [2.45, 2.75) is 399 Å². The van der Waals surface area contributed by atoms with Gasteiger partial charge in [0.05, 0.1) is 0 Å². The van der Waals surface area contributed by atoms with Gasteiger partial charge in [-0.1, -0.05) is 365 Å². The third kappa shape index (κ3) is 68.0. The van der Waals surface area contributed by atoms with E-state index >= 15 is 0 Å². The van der Waals surface area contributed by atoms with Crippen LogP contribution >= 0.6 is 0 Å². The lowest BCUT2D eigenvalue weighted by Gasteiger charge is -2.18. The van der Waals surface area contributed by atoms with E-state index in [1.165, 1.54) is 270 Å². The summed E-state index contributed by atoms with van der Waals surface area (Å²) in [4.78, 5) is 38.5. The van der Waals surface area contributed by atoms with Crippen LogP contribution in [0.15, 0.2) is 48.6 Å². The fraction of sp³-hybridized carbons (Fsp3) is 0.853. The first kappa shape index (κ1) is 78.4. The second-order valence-electron chi connectivity index (χ2n) is 24.5. The van der Waals surface area contributed by atoms with Crippen molar-refractivity contribution in [1.29, 1.82) is 0 Å². The zero-order valence-corrected chi connectivity index (χ0v) is 54.6. The summed E-state index contributed by atoms with van der Waals surface area (Å²) in [6.45, 7) is 6.61. The Morgan fingerprint density at radius 2 is 0.481 bits per heavy atom. The van der Waals surface area contributed by atoms with Gasteiger partial charge in [0.15, 0.2) is 6.10 Å². The van der Waals surface area contributed by atoms with Gasteiger partial charge in [-0.25, -0.2) is 0 Å². The summed E-state index contributed by atoms with van der Waals surface area (Å²) in [5.41, 5.74) is 0. The van der Waals surface area contributed by atoms with Crippen molar-refractivity contribution in [3.05, 3.63) is 48.6 Å². The molecular formula is C75H138O6. The van der Waals surface area contributed by atoms with Crippen LogP contribution in [0.25, 0.3) is 0 Å². The average molecular weight is 1140 g/mol. The van der Waals surface area contributed by atoms with Crippen molar-refractivity contribution < 1.29 is 28.6 Å². The number of unbranched alkanes of at least 4 members (excludes halogenated alkanes) is 48. The third-order valence-corrected chi connectivity index (χ3v) is 16.3. The van der Waals surface area contributed by atoms with Gasteiger partial charge in [0.25, 0.3) is 0 Å². The molecule has 6 heteroatoms. The second-order valence-corrected chi connectivity index (χ2v) is 24.5. The normalized spacial score (nSPS) is 12.3. The van der Waals surface area contributed by atoms with E-state index < -0.39 is 6.10 Å². The van der Waals surface area contributed by atoms with Crippen LogP contribution in [0.1, 0.15) is 393 Å². The molecule has 0 spiro atoms. The van der Waals surface area contributed by atoms with Crippen molar-refractivity contribution in [2.75, 3.05) is 13.2 Å². The van der Waals surface area contributed by atoms with Crippen LogP contribution in [0.4, 0.5) is 0 Å². The van der Waals surface area contributed by atoms with E-state index in [1.54, 1.807) is 0 Å². The standard InChI is InChI=1S/C75H138O6/c1-4-7-10-13-16-19-22-25-28-31-34-36-37-38-39-40-42-44-47-50-53-56-59-62-65-68-74(77)80-71-72(70-79-73(76)67-64-61-58-55-52-49-46-43-33-30-27-24-21-18-15-12-9-6-3)81-75(78)69-66-63-60-57-54-51-48-45-41-35-32-29-26-23-20-17-14-11-8-5-2/h7,10,16,19,25,28,34,36,72H,4-6,8-9,11-15,17-18,20-24,26-27,29-33,35,37-71H2,1-3H3/b10-7-,19-16-,28-25-,36-34-. The van der Waals surface area contributed by atoms with Gasteiger partial charge < -0.3 is 14.2 Å². The first-order valence-electron chi connectivity index (χ1n) is 36.1. The lowest BCUT2D eigenvalue weighted by molar-refractivity contribution is -0.167. The molecule has 1 unspecified atom stereocenters. The van der Waals surface area contributed by atoms with Crippen molar-refractivity contribution in [2.24, 2.45) is 0 Å². The Morgan fingerprint density at radius 1 is 0.259 bits per heavy atom. The second kappa shape index (κ2) is 69.9. The zero-order valence-electron chi connectivity index (χ0n) is 54.6. The monoisotopic (exact) mass is 1140 g/mol. The minimum absolute atomic E-state index is 0.0666. The van der Waals surface area contributed by atoms with Gasteiger partial charge in [-0.3, -0.25) is 14.4 Å². The Hall–Kier alpha value is -2.63. The highest BCUT2D eigenvalue weighted by Gasteiger charge is 2.19. The van der Waals surface area contributed by atoms with Crippen molar-refractivity contribution in [3.8, 4) is 0 Å². The number of hydrogen-bond acceptors (Lipinski definition) is 6. The summed E-state index contributed by atoms with van der Waals surface area (Å²) in [7, 11) is 0. The molecule has 0 rings (SSSR count). The van der Waals surface area contributed by atoms with Gasteiger partial charge in [0.2, 0.25) is 0 Å². The summed E-state index contributed by atoms with van der Waals surface area (Å²) >= 11 is 0. The first-order valence-corrected chi connectivity index (χ1v) is 36.1. The molecule has 0 aliphatic rings. The predicted molar refractivity (Wildman–Crippen MR) is 353 cm³/mol. The topological polar surface area (TPSA) is 78.9 Å². The van der Waals surface area contributed by atoms with E-state index in [0.717, 1.165) is 83.5 Å². The molecule has 0 aliphatic heterocycles. The molecule has 0 radical (unpaired) electrons. The Balaban J connectivity index is 4.29. The minimum Gasteiger partial charge on any atom is -0.462 e. The highest BCUT2D eigenvalue weighted by atomic mass is 16.6. The van der Waals surface area contributed by atoms with Gasteiger partial charge in [-0.05, 0) is 57.8 Å². The molecule has 474 valence electrons. The molecule has 0 aromatic heterocycles. The van der Waals surface area contributed by atoms with Crippen LogP contribution in [0.5, 0.6) is 0 Å². The fourth-order valence-corrected chi connectivity index (χ4v) is 11.0. The summed E-state index contributed by atoms with van der Waals surface area (Å²) in [6.07, 6.45) is 88.5. The Labute approximate surface area is 505 Å². The maximum Gasteiger partial charge on any atom is 0.306 e. The molecule has 0 saturated heterocycles. The van der Waals surface area contributed by atoms with Crippen LogP contribution in [0, 0.1) is 0 Å². The van der Waals surface area contributed by atoms with Gasteiger partial charge in [0, 0.05) is 19.3 Å². The highest BCUT2D eigenvalue weighted by molar-refractivity contribution is 5.71. The molecule has 1 atom stereocenters. The van der Waals surface area contributed by atoms with E-state index in [4.69, 9.17) is 14.2 Å². The van der Waals surface area contributed by atoms with Crippen LogP contribution < -0.4 is 0 Å². The maximum absolute atomic E-state index is 13.0. The zero-order chi connectivity index (χ0) is 58.5. The number of rotatable bonds is 67. The van der Waals surface area contributed by atoms with Crippen molar-refractivity contribution in [1.82, 2.24) is 0 Å². The van der Waals surface area contributed by atoms with Crippen molar-refractivity contribution in [3.63, 3.8) is 0 Å². The molecule has 0 aromatic carbocycles. The minimum atomic E-state index is -0.771. The van der Waals surface area contributed by atoms with Gasteiger partial charge in [-0.15, -0.1) is 0 Å². The number of carbonyl (C=O) groups is 3. The fourth-order valence-electron chi connectivity index (χ4n) is 11.0. The Bertz CT molecular complexity index is 1400. The highest BCUT2D eigenvalue weighted by Crippen LogP contribution is 2.19. The summed E-state index contributed by atoms with van der Waals surface area (Å²) in [5.74, 6) is -0.836. The number of allylic oxidation sites excluding steroid dienone is 8. The lowest BCUT2D eigenvalue weighted by atomic mass is 10.0. The summed E-state index contributed by atoms with van der Waals surface area (Å²) in [5, 5.41) is 0. The number of ether oxygens (including phenoxy) is 3. The van der Waals surface area contributed by atoms with E-state index in [2.05, 4.69) is 69.4 Å². The van der Waals surface area contributed by atoms with E-state index in [0.29, 0.717) is 19.3 Å². The Morgan fingerprint density at radius 3 is 0.753 bits per heavy atom. The molecule has 0 saturated carbocycles. The molecule has 0 aliphatic carbocycles. The average Bonchev–Trinajstić information content (AvgIpc) is 3.47. The third-order valence-electron chi connectivity index (χ3n) is 16.3. The molecule has 0 heterocycles. The quantitative estimate of drug-likeness (QED) is 0.0261. The number of hydrogen-bond donors (Lipinski definition) is 0. The van der Waals surface area contributed by atoms with Crippen LogP contribution in [-0.2, 0) is 28.6 Å². The first-order chi connectivity index (χ1) is 40.0. The molecule has 6 nitrogen and oxygen atoms in total. The van der Waals surface area contributed by atoms with Gasteiger partial charge in [0.1, 0.15) is 13.2 Å². The molecule has 0 amide bonds. The smallest absolute Gasteiger partial charge is 0.306 e. The predicted octanol–water partition coefficient (Wildman–Crippen LogP) is 24.9. The largest absolute Gasteiger partial charge is 0.462 e. The molecule has 0 aromatic rings. The summed E-state index contributed by atoms with van der Waals surface area (Å²) < 4.78 is 17.0. The van der Waals surface area contributed by atoms with Crippen molar-refractivity contribution >= 4 is 17.9 Å². The number of esters is 3. The van der Waals surface area contributed by atoms with Gasteiger partial charge >= 0.3 is 17.9 Å². The van der Waals surface area contributed by atoms with Crippen LogP contribution in [-0.4, -0.2) is 37.2 Å². The van der Waals surface area contributed by atoms with E-state index in [1.807, 2.05) is 0 Å². The maximum atomic E-state index is 13.0. The SMILES string of the molecule is CC/C=C\C/C=C\C/C=C\C/C=C\CCCCCCCCCCCCCCC(=O)OCC(COC(=O)CCCCCCCCCCCCCCCCCCCC)OC(=O)CCCCCCCCCCCCCCCCCCCCCC. The summed E-state index contributed by atoms with van der Waals surface area (Å²) in [6, 6.07) is 0. The Kier molecular flexibility index (Phi) is 67.6. The number of carbonyl (C=O) groups excluding carboxylic acids is 3.